The molecule has 14 heteroatoms. The molecule has 1 N–H and O–H groups in total. The summed E-state index contributed by atoms with van der Waals surface area (Å²) in [5, 5.41) is 2.89. The van der Waals surface area contributed by atoms with E-state index >= 15 is 0 Å². The summed E-state index contributed by atoms with van der Waals surface area (Å²) in [5.41, 5.74) is 0. The van der Waals surface area contributed by atoms with Gasteiger partial charge in [-0.2, -0.15) is 8.78 Å². The van der Waals surface area contributed by atoms with Crippen LogP contribution in [0.25, 0.3) is 0 Å². The van der Waals surface area contributed by atoms with Crippen molar-refractivity contribution >= 4 is 23.7 Å². The maximum atomic E-state index is 13.8. The van der Waals surface area contributed by atoms with E-state index in [2.05, 4.69) is 23.9 Å². The molecule has 0 atom stereocenters. The topological polar surface area (TPSA) is 114 Å². The molecule has 1 aromatic carbocycles. The van der Waals surface area contributed by atoms with Gasteiger partial charge in [-0.25, -0.2) is 8.78 Å². The zero-order chi connectivity index (χ0) is 47.3. The van der Waals surface area contributed by atoms with Gasteiger partial charge in [-0.05, 0) is 12.8 Å². The van der Waals surface area contributed by atoms with Gasteiger partial charge in [0.05, 0.1) is 38.8 Å². The minimum atomic E-state index is -1.81. The molecule has 0 unspecified atom stereocenters. The Kier molecular flexibility index (Phi) is 33.6. The van der Waals surface area contributed by atoms with Crippen molar-refractivity contribution in [1.82, 2.24) is 15.1 Å². The van der Waals surface area contributed by atoms with Crippen LogP contribution < -0.4 is 10.1 Å². The van der Waals surface area contributed by atoms with E-state index in [0.717, 1.165) is 38.5 Å². The number of hydrogen-bond donors (Lipinski definition) is 1. The molecule has 1 aliphatic heterocycles. The summed E-state index contributed by atoms with van der Waals surface area (Å²) >= 11 is 0. The highest BCUT2D eigenvalue weighted by Gasteiger charge is 2.31. The normalized spacial score (nSPS) is 13.3. The number of esters is 1. The molecule has 1 aliphatic rings. The number of ether oxygens (including phenoxy) is 3. The molecule has 0 spiro atoms. The Balaban J connectivity index is 1.74. The summed E-state index contributed by atoms with van der Waals surface area (Å²) in [6.07, 6.45) is 32.3. The third-order valence-electron chi connectivity index (χ3n) is 12.2. The van der Waals surface area contributed by atoms with Crippen LogP contribution in [-0.2, 0) is 28.7 Å². The zero-order valence-electron chi connectivity index (χ0n) is 40.3. The minimum absolute atomic E-state index is 0.0176. The van der Waals surface area contributed by atoms with Crippen LogP contribution >= 0.6 is 0 Å². The Morgan fingerprint density at radius 1 is 0.523 bits per heavy atom. The van der Waals surface area contributed by atoms with Crippen molar-refractivity contribution in [2.45, 2.75) is 200 Å². The van der Waals surface area contributed by atoms with Crippen molar-refractivity contribution in [1.29, 1.82) is 0 Å². The quantitative estimate of drug-likeness (QED) is 0.0230. The second-order valence-electron chi connectivity index (χ2n) is 17.9. The predicted molar refractivity (Wildman–Crippen MR) is 248 cm³/mol. The standard InChI is InChI=1S/C51H85F4N3O7/c1-3-5-7-9-11-13-15-17-19-21-23-25-27-29-45(59)57-33-34-58(46(60)30-28-26-24-22-20-18-16-14-12-10-8-6-4-2)41-42(40-57)51(62)56-32-36-64-38-37-63-35-31-47(61)65-50-48(54)43(52)39-44(53)49(50)55/h39,42H,3-38,40-41H2,1-2H3,(H,56,62). The van der Waals surface area contributed by atoms with Gasteiger partial charge in [0.25, 0.3) is 0 Å². The van der Waals surface area contributed by atoms with Crippen LogP contribution in [-0.4, -0.2) is 92.6 Å². The van der Waals surface area contributed by atoms with Crippen molar-refractivity contribution in [3.63, 3.8) is 0 Å². The fraction of sp³-hybridized carbons (Fsp3) is 0.804. The summed E-state index contributed by atoms with van der Waals surface area (Å²) in [6.45, 7) is 6.08. The van der Waals surface area contributed by atoms with Crippen LogP contribution in [0.3, 0.4) is 0 Å². The second kappa shape index (κ2) is 37.8. The lowest BCUT2D eigenvalue weighted by Gasteiger charge is -2.24. The van der Waals surface area contributed by atoms with E-state index < -0.39 is 47.3 Å². The number of unbranched alkanes of at least 4 members (excludes halogenated alkanes) is 24. The molecular weight excluding hydrogens is 843 g/mol. The fourth-order valence-corrected chi connectivity index (χ4v) is 8.21. The average Bonchev–Trinajstić information content (AvgIpc) is 3.53. The number of nitrogens with one attached hydrogen (secondary N) is 1. The van der Waals surface area contributed by atoms with Crippen molar-refractivity contribution in [3.05, 3.63) is 29.3 Å². The molecule has 0 radical (unpaired) electrons. The van der Waals surface area contributed by atoms with E-state index in [1.807, 2.05) is 0 Å². The second-order valence-corrected chi connectivity index (χ2v) is 17.9. The van der Waals surface area contributed by atoms with Crippen molar-refractivity contribution in [3.8, 4) is 5.75 Å². The van der Waals surface area contributed by atoms with E-state index in [1.54, 1.807) is 9.80 Å². The summed E-state index contributed by atoms with van der Waals surface area (Å²) in [5.74, 6) is -10.4. The van der Waals surface area contributed by atoms with E-state index in [9.17, 15) is 36.7 Å². The van der Waals surface area contributed by atoms with E-state index in [1.165, 1.54) is 128 Å². The predicted octanol–water partition coefficient (Wildman–Crippen LogP) is 11.9. The van der Waals surface area contributed by atoms with Gasteiger partial charge in [-0.15, -0.1) is 0 Å². The van der Waals surface area contributed by atoms with Crippen LogP contribution in [0.5, 0.6) is 5.75 Å². The summed E-state index contributed by atoms with van der Waals surface area (Å²) in [7, 11) is 0. The van der Waals surface area contributed by atoms with Crippen molar-refractivity contribution in [2.24, 2.45) is 5.92 Å². The van der Waals surface area contributed by atoms with Gasteiger partial charge in [0.1, 0.15) is 0 Å². The number of hydrogen-bond acceptors (Lipinski definition) is 7. The Labute approximate surface area is 389 Å². The molecular formula is C51H85F4N3O7. The number of amides is 3. The summed E-state index contributed by atoms with van der Waals surface area (Å²) in [6, 6.07) is 0.0176. The van der Waals surface area contributed by atoms with Crippen molar-refractivity contribution < 1.29 is 51.0 Å². The van der Waals surface area contributed by atoms with Crippen LogP contribution in [0.2, 0.25) is 0 Å². The Morgan fingerprint density at radius 2 is 0.892 bits per heavy atom. The highest BCUT2D eigenvalue weighted by molar-refractivity contribution is 5.83. The molecule has 1 saturated heterocycles. The van der Waals surface area contributed by atoms with E-state index in [0.29, 0.717) is 25.9 Å². The highest BCUT2D eigenvalue weighted by Crippen LogP contribution is 2.27. The van der Waals surface area contributed by atoms with E-state index in [-0.39, 0.29) is 69.8 Å². The van der Waals surface area contributed by atoms with Gasteiger partial charge in [0, 0.05) is 51.6 Å². The molecule has 1 fully saturated rings. The zero-order valence-corrected chi connectivity index (χ0v) is 40.3. The SMILES string of the molecule is CCCCCCCCCCCCCCCC(=O)N1CCN(C(=O)CCCCCCCCCCCCCCC)CC(C(=O)NCCOCCOCCC(=O)Oc2c(F)c(F)cc(F)c2F)C1. The van der Waals surface area contributed by atoms with Gasteiger partial charge in [-0.1, -0.05) is 168 Å². The first kappa shape index (κ1) is 57.9. The lowest BCUT2D eigenvalue weighted by molar-refractivity contribution is -0.136. The molecule has 3 amide bonds. The van der Waals surface area contributed by atoms with E-state index in [4.69, 9.17) is 9.47 Å². The average molecular weight is 928 g/mol. The maximum Gasteiger partial charge on any atom is 0.313 e. The molecule has 10 nitrogen and oxygen atoms in total. The third kappa shape index (κ3) is 27.2. The largest absolute Gasteiger partial charge is 0.420 e. The number of nitrogens with zero attached hydrogens (tertiary/aromatic N) is 2. The highest BCUT2D eigenvalue weighted by atomic mass is 19.2. The summed E-state index contributed by atoms with van der Waals surface area (Å²) in [4.78, 5) is 55.9. The van der Waals surface area contributed by atoms with Gasteiger partial charge < -0.3 is 29.3 Å². The fourth-order valence-electron chi connectivity index (χ4n) is 8.21. The van der Waals surface area contributed by atoms with Crippen LogP contribution in [0.4, 0.5) is 17.6 Å². The number of rotatable bonds is 39. The first-order chi connectivity index (χ1) is 31.6. The number of carbonyl (C=O) groups excluding carboxylic acids is 4. The van der Waals surface area contributed by atoms with Gasteiger partial charge in [0.2, 0.25) is 35.1 Å². The first-order valence-corrected chi connectivity index (χ1v) is 25.6. The Hall–Kier alpha value is -3.26. The monoisotopic (exact) mass is 928 g/mol. The van der Waals surface area contributed by atoms with Gasteiger partial charge in [0.15, 0.2) is 11.6 Å². The molecule has 0 bridgehead atoms. The first-order valence-electron chi connectivity index (χ1n) is 25.6. The number of carbonyl (C=O) groups is 4. The molecule has 1 aromatic rings. The minimum Gasteiger partial charge on any atom is -0.420 e. The molecule has 2 rings (SSSR count). The molecule has 65 heavy (non-hydrogen) atoms. The van der Waals surface area contributed by atoms with Gasteiger partial charge in [-0.3, -0.25) is 19.2 Å². The van der Waals surface area contributed by atoms with Crippen molar-refractivity contribution in [2.75, 3.05) is 59.2 Å². The lowest BCUT2D eigenvalue weighted by Crippen LogP contribution is -2.44. The number of halogens is 4. The molecule has 0 aliphatic carbocycles. The third-order valence-corrected chi connectivity index (χ3v) is 12.2. The maximum absolute atomic E-state index is 13.8. The Bertz CT molecular complexity index is 1380. The number of benzene rings is 1. The molecule has 0 saturated carbocycles. The van der Waals surface area contributed by atoms with Crippen LogP contribution in [0.15, 0.2) is 6.07 Å². The molecule has 1 heterocycles. The van der Waals surface area contributed by atoms with Crippen LogP contribution in [0, 0.1) is 29.2 Å². The summed E-state index contributed by atoms with van der Waals surface area (Å²) < 4.78 is 69.5. The molecule has 0 aromatic heterocycles. The smallest absolute Gasteiger partial charge is 0.313 e. The van der Waals surface area contributed by atoms with Crippen LogP contribution in [0.1, 0.15) is 200 Å². The molecule has 374 valence electrons. The Morgan fingerprint density at radius 3 is 1.29 bits per heavy atom. The lowest BCUT2D eigenvalue weighted by atomic mass is 10.0. The van der Waals surface area contributed by atoms with Gasteiger partial charge >= 0.3 is 5.97 Å².